The van der Waals surface area contributed by atoms with E-state index in [9.17, 15) is 84.6 Å². The summed E-state index contributed by atoms with van der Waals surface area (Å²) in [7, 11) is 0. The van der Waals surface area contributed by atoms with E-state index >= 15 is 0 Å². The lowest BCUT2D eigenvalue weighted by molar-refractivity contribution is -0.116. The Hall–Kier alpha value is -5.59. The van der Waals surface area contributed by atoms with Crippen LogP contribution in [0.3, 0.4) is 0 Å². The summed E-state index contributed by atoms with van der Waals surface area (Å²) in [6.07, 6.45) is -16.6. The van der Waals surface area contributed by atoms with Crippen molar-refractivity contribution in [1.82, 2.24) is 4.90 Å². The molecule has 0 fully saturated rings. The summed E-state index contributed by atoms with van der Waals surface area (Å²) in [4.78, 5) is 95.1. The molecule has 374 valence electrons. The zero-order valence-corrected chi connectivity index (χ0v) is 40.8. The molecule has 4 aromatic carbocycles. The molecule has 0 saturated heterocycles. The molecule has 70 heavy (non-hydrogen) atoms. The molecule has 26 heteroatoms. The average molecular weight is 1170 g/mol. The Morgan fingerprint density at radius 2 is 0.943 bits per heavy atom. The van der Waals surface area contributed by atoms with Crippen molar-refractivity contribution in [3.63, 3.8) is 0 Å². The number of carbonyl (C=O) groups excluding carboxylic acids is 7. The van der Waals surface area contributed by atoms with Crippen LogP contribution in [0, 0.1) is 0 Å². The number of halogens is 3. The van der Waals surface area contributed by atoms with Gasteiger partial charge in [0.05, 0.1) is 63.2 Å². The second kappa shape index (κ2) is 23.5. The Balaban J connectivity index is 1.50. The van der Waals surface area contributed by atoms with E-state index in [1.165, 1.54) is 48.5 Å². The van der Waals surface area contributed by atoms with Crippen molar-refractivity contribution in [1.29, 1.82) is 0 Å². The van der Waals surface area contributed by atoms with Crippen LogP contribution >= 0.6 is 47.8 Å². The lowest BCUT2D eigenvalue weighted by atomic mass is 10.0. The summed E-state index contributed by atoms with van der Waals surface area (Å²) < 4.78 is -0.710. The van der Waals surface area contributed by atoms with Gasteiger partial charge in [-0.15, -0.1) is 0 Å². The maximum atomic E-state index is 14.6. The molecule has 0 saturated carbocycles. The number of amides is 7. The van der Waals surface area contributed by atoms with E-state index in [2.05, 4.69) is 53.1 Å². The number of aliphatic hydroxyl groups is 10. The van der Waals surface area contributed by atoms with Gasteiger partial charge in [-0.1, -0.05) is 12.1 Å². The van der Waals surface area contributed by atoms with Gasteiger partial charge in [-0.2, -0.15) is 0 Å². The van der Waals surface area contributed by atoms with Gasteiger partial charge in [-0.3, -0.25) is 38.5 Å². The molecule has 4 aromatic rings. The number of benzene rings is 4. The predicted octanol–water partition coefficient (Wildman–Crippen LogP) is -1.43. The number of rotatable bonds is 21. The van der Waals surface area contributed by atoms with Crippen molar-refractivity contribution >= 4 is 106 Å². The van der Waals surface area contributed by atoms with E-state index < -0.39 is 134 Å². The van der Waals surface area contributed by atoms with E-state index in [0.29, 0.717) is 0 Å². The van der Waals surface area contributed by atoms with Gasteiger partial charge >= 0.3 is 0 Å². The summed E-state index contributed by atoms with van der Waals surface area (Å²) >= 11 is 9.54. The molecule has 8 unspecified atom stereocenters. The molecular weight excluding hydrogens is 1120 g/mol. The zero-order valence-electron chi connectivity index (χ0n) is 36.0. The van der Waals surface area contributed by atoms with Crippen molar-refractivity contribution in [3.05, 3.63) is 120 Å². The second-order valence-electron chi connectivity index (χ2n) is 15.6. The molecule has 1 heterocycles. The van der Waals surface area contributed by atoms with Crippen molar-refractivity contribution in [2.24, 2.45) is 11.5 Å². The minimum absolute atomic E-state index is 0.0931. The van der Waals surface area contributed by atoms with Crippen LogP contribution in [0.2, 0.25) is 0 Å². The SMILES string of the molecule is NC(=O)c1c(Br)c(C(N)=O)c(Br)c(N(CC(O)C(O)C(O)C(O)CO)C(=O)c2ccc(N(CC(O)C(O)C(O)C(O)CO)C(=O)c3ccc(NC(=O)CN4C(=O)c5ccccc5C4=O)cc3)cc2)c1Br. The highest BCUT2D eigenvalue weighted by atomic mass is 79.9. The van der Waals surface area contributed by atoms with Crippen molar-refractivity contribution < 1.29 is 84.6 Å². The summed E-state index contributed by atoms with van der Waals surface area (Å²) in [5.74, 6) is -6.31. The first kappa shape index (κ1) is 55.3. The topological polar surface area (TPSA) is 396 Å². The number of nitrogens with one attached hydrogen (secondary N) is 1. The largest absolute Gasteiger partial charge is 0.394 e. The molecule has 1 aliphatic rings. The van der Waals surface area contributed by atoms with Gasteiger partial charge in [-0.25, -0.2) is 0 Å². The van der Waals surface area contributed by atoms with Crippen LogP contribution in [0.1, 0.15) is 62.1 Å². The van der Waals surface area contributed by atoms with Crippen LogP contribution in [0.4, 0.5) is 17.1 Å². The monoisotopic (exact) mass is 1170 g/mol. The van der Waals surface area contributed by atoms with E-state index in [-0.39, 0.29) is 52.7 Å². The minimum Gasteiger partial charge on any atom is -0.394 e. The van der Waals surface area contributed by atoms with Crippen molar-refractivity contribution in [3.8, 4) is 0 Å². The van der Waals surface area contributed by atoms with E-state index in [1.54, 1.807) is 12.1 Å². The highest BCUT2D eigenvalue weighted by Crippen LogP contribution is 2.45. The number of aliphatic hydroxyl groups excluding tert-OH is 10. The summed E-state index contributed by atoms with van der Waals surface area (Å²) in [6.45, 7) is -4.47. The summed E-state index contributed by atoms with van der Waals surface area (Å²) in [5, 5.41) is 105. The van der Waals surface area contributed by atoms with Gasteiger partial charge < -0.3 is 77.6 Å². The third-order valence-corrected chi connectivity index (χ3v) is 13.3. The average Bonchev–Trinajstić information content (AvgIpc) is 3.57. The fourth-order valence-electron chi connectivity index (χ4n) is 7.14. The minimum atomic E-state index is -2.23. The first-order chi connectivity index (χ1) is 33.0. The van der Waals surface area contributed by atoms with Crippen LogP contribution in [0.15, 0.2) is 86.2 Å². The van der Waals surface area contributed by atoms with E-state index in [0.717, 1.165) is 26.8 Å². The Morgan fingerprint density at radius 1 is 0.557 bits per heavy atom. The molecule has 0 aromatic heterocycles. The Bertz CT molecular complexity index is 2590. The van der Waals surface area contributed by atoms with Crippen LogP contribution in [-0.2, 0) is 4.79 Å². The van der Waals surface area contributed by atoms with Crippen LogP contribution in [0.5, 0.6) is 0 Å². The zero-order chi connectivity index (χ0) is 52.0. The highest BCUT2D eigenvalue weighted by molar-refractivity contribution is 9.11. The Morgan fingerprint density at radius 3 is 1.36 bits per heavy atom. The Labute approximate surface area is 421 Å². The van der Waals surface area contributed by atoms with Gasteiger partial charge in [0, 0.05) is 27.0 Å². The molecule has 1 aliphatic heterocycles. The molecule has 23 nitrogen and oxygen atoms in total. The number of hydrogen-bond acceptors (Lipinski definition) is 17. The van der Waals surface area contributed by atoms with Gasteiger partial charge in [0.15, 0.2) is 0 Å². The smallest absolute Gasteiger partial charge is 0.262 e. The molecular formula is C44H45Br3N6O17. The standard InChI is InChI=1S/C44H45Br3N6O17/c45-31-29(39(48)65)32(46)34(33(47)30(31)40(49)66)52(14-25(57)36(62)38(64)27(59)17-55)42(68)19-7-11-21(12-8-19)51(13-24(56)35(61)37(63)26(58)16-54)41(67)18-5-9-20(10-6-18)50-28(60)15-53-43(69)22-3-1-2-4-23(22)44(53)70/h1-12,24-27,35-38,54-59,61-64H,13-17H2,(H2,48,65)(H2,49,66)(H,50,60). The lowest BCUT2D eigenvalue weighted by Gasteiger charge is -2.33. The summed E-state index contributed by atoms with van der Waals surface area (Å²) in [6, 6.07) is 15.8. The number of primary amides is 2. The maximum absolute atomic E-state index is 14.6. The molecule has 0 bridgehead atoms. The molecule has 8 atom stereocenters. The number of nitrogens with zero attached hydrogens (tertiary/aromatic N) is 3. The molecule has 5 rings (SSSR count). The van der Waals surface area contributed by atoms with E-state index in [4.69, 9.17) is 11.5 Å². The van der Waals surface area contributed by atoms with Crippen LogP contribution < -0.4 is 26.6 Å². The van der Waals surface area contributed by atoms with E-state index in [1.807, 2.05) is 0 Å². The Kier molecular flexibility index (Phi) is 18.6. The third kappa shape index (κ3) is 11.8. The predicted molar refractivity (Wildman–Crippen MR) is 255 cm³/mol. The fraction of sp³-hybridized carbons (Fsp3) is 0.295. The number of hydrogen-bond donors (Lipinski definition) is 13. The maximum Gasteiger partial charge on any atom is 0.262 e. The first-order valence-electron chi connectivity index (χ1n) is 20.5. The molecule has 7 amide bonds. The molecule has 0 aliphatic carbocycles. The lowest BCUT2D eigenvalue weighted by Crippen LogP contribution is -2.51. The fourth-order valence-corrected chi connectivity index (χ4v) is 10.3. The summed E-state index contributed by atoms with van der Waals surface area (Å²) in [5.41, 5.74) is 9.98. The third-order valence-electron chi connectivity index (χ3n) is 11.0. The van der Waals surface area contributed by atoms with Crippen LogP contribution in [-0.4, -0.2) is 179 Å². The first-order valence-corrected chi connectivity index (χ1v) is 22.9. The van der Waals surface area contributed by atoms with Gasteiger partial charge in [-0.05, 0) is 108 Å². The number of nitrogens with two attached hydrogens (primary N) is 2. The quantitative estimate of drug-likeness (QED) is 0.0426. The highest BCUT2D eigenvalue weighted by Gasteiger charge is 2.39. The number of imide groups is 1. The van der Waals surface area contributed by atoms with Crippen molar-refractivity contribution in [2.45, 2.75) is 48.8 Å². The van der Waals surface area contributed by atoms with Crippen LogP contribution in [0.25, 0.3) is 0 Å². The van der Waals surface area contributed by atoms with Gasteiger partial charge in [0.25, 0.3) is 35.4 Å². The number of carbonyl (C=O) groups is 7. The van der Waals surface area contributed by atoms with Crippen molar-refractivity contribution in [2.75, 3.05) is 48.0 Å². The second-order valence-corrected chi connectivity index (χ2v) is 18.0. The molecule has 0 spiro atoms. The normalized spacial score (nSPS) is 15.8. The molecule has 15 N–H and O–H groups in total. The van der Waals surface area contributed by atoms with Gasteiger partial charge in [0.2, 0.25) is 5.91 Å². The number of anilines is 3. The number of fused-ring (bicyclic) bond motifs is 1. The molecule has 0 radical (unpaired) electrons. The van der Waals surface area contributed by atoms with Gasteiger partial charge in [0.1, 0.15) is 55.4 Å².